The Morgan fingerprint density at radius 3 is 2.80 bits per heavy atom. The van der Waals surface area contributed by atoms with Gasteiger partial charge in [-0.3, -0.25) is 4.79 Å². The predicted molar refractivity (Wildman–Crippen MR) is 94.4 cm³/mol. The fraction of sp³-hybridized carbons (Fsp3) is 0.444. The second kappa shape index (κ2) is 6.78. The highest BCUT2D eigenvalue weighted by atomic mass is 35.5. The van der Waals surface area contributed by atoms with Crippen LogP contribution in [0.25, 0.3) is 11.3 Å². The molecule has 2 N–H and O–H groups in total. The third-order valence-corrected chi connectivity index (χ3v) is 5.18. The van der Waals surface area contributed by atoms with Crippen LogP contribution in [-0.4, -0.2) is 39.6 Å². The van der Waals surface area contributed by atoms with E-state index in [0.29, 0.717) is 17.4 Å². The van der Waals surface area contributed by atoms with Gasteiger partial charge in [0.2, 0.25) is 5.91 Å². The van der Waals surface area contributed by atoms with Gasteiger partial charge in [0.1, 0.15) is 5.82 Å². The number of aliphatic hydroxyl groups excluding tert-OH is 1. The number of carbonyl (C=O) groups excluding carboxylic acids is 1. The topological polar surface area (TPSA) is 76.4 Å². The molecule has 3 heterocycles. The van der Waals surface area contributed by atoms with E-state index in [9.17, 15) is 9.90 Å². The van der Waals surface area contributed by atoms with Gasteiger partial charge in [0, 0.05) is 16.7 Å². The monoisotopic (exact) mass is 361 g/mol. The minimum atomic E-state index is -0.102. The zero-order valence-electron chi connectivity index (χ0n) is 13.7. The van der Waals surface area contributed by atoms with Crippen molar-refractivity contribution in [2.45, 2.75) is 38.0 Å². The van der Waals surface area contributed by atoms with Gasteiger partial charge in [-0.15, -0.1) is 0 Å². The number of aliphatic hydroxyl groups is 1. The van der Waals surface area contributed by atoms with E-state index in [2.05, 4.69) is 10.4 Å². The molecule has 0 spiro atoms. The van der Waals surface area contributed by atoms with Crippen molar-refractivity contribution < 1.29 is 14.6 Å². The van der Waals surface area contributed by atoms with Crippen LogP contribution in [0.4, 0.5) is 5.82 Å². The molecule has 0 aliphatic carbocycles. The molecule has 0 radical (unpaired) electrons. The van der Waals surface area contributed by atoms with E-state index in [1.807, 2.05) is 18.2 Å². The van der Waals surface area contributed by atoms with Gasteiger partial charge in [0.05, 0.1) is 37.0 Å². The van der Waals surface area contributed by atoms with Gasteiger partial charge >= 0.3 is 0 Å². The third kappa shape index (κ3) is 3.29. The molecule has 0 unspecified atom stereocenters. The van der Waals surface area contributed by atoms with E-state index in [0.717, 1.165) is 30.5 Å². The van der Waals surface area contributed by atoms with Crippen molar-refractivity contribution in [3.8, 4) is 11.3 Å². The lowest BCUT2D eigenvalue weighted by Gasteiger charge is -2.18. The number of anilines is 1. The van der Waals surface area contributed by atoms with Crippen LogP contribution in [0.1, 0.15) is 19.3 Å². The molecule has 2 aliphatic heterocycles. The van der Waals surface area contributed by atoms with Crippen molar-refractivity contribution in [3.63, 3.8) is 0 Å². The number of benzene rings is 1. The number of nitrogens with one attached hydrogen (secondary N) is 1. The Hall–Kier alpha value is -1.89. The molecule has 2 saturated heterocycles. The summed E-state index contributed by atoms with van der Waals surface area (Å²) >= 11 is 5.93. The maximum Gasteiger partial charge on any atom is 0.231 e. The zero-order chi connectivity index (χ0) is 17.4. The summed E-state index contributed by atoms with van der Waals surface area (Å²) in [5.41, 5.74) is 1.63. The van der Waals surface area contributed by atoms with Crippen molar-refractivity contribution in [1.82, 2.24) is 9.78 Å². The highest BCUT2D eigenvalue weighted by molar-refractivity contribution is 6.30. The molecule has 0 saturated carbocycles. The van der Waals surface area contributed by atoms with Crippen molar-refractivity contribution in [2.75, 3.05) is 11.9 Å². The van der Waals surface area contributed by atoms with Gasteiger partial charge < -0.3 is 15.2 Å². The summed E-state index contributed by atoms with van der Waals surface area (Å²) in [4.78, 5) is 12.6. The number of halogens is 1. The molecule has 1 aromatic carbocycles. The first-order valence-electron chi connectivity index (χ1n) is 8.55. The third-order valence-electron chi connectivity index (χ3n) is 4.93. The maximum absolute atomic E-state index is 12.6. The molecule has 2 bridgehead atoms. The summed E-state index contributed by atoms with van der Waals surface area (Å²) in [5.74, 6) is 0.455. The lowest BCUT2D eigenvalue weighted by Crippen LogP contribution is -2.31. The first kappa shape index (κ1) is 16.6. The molecular weight excluding hydrogens is 342 g/mol. The molecule has 3 atom stereocenters. The molecular formula is C18H20ClN3O3. The lowest BCUT2D eigenvalue weighted by atomic mass is 9.88. The molecule has 6 nitrogen and oxygen atoms in total. The Balaban J connectivity index is 1.55. The summed E-state index contributed by atoms with van der Waals surface area (Å²) < 4.78 is 7.39. The van der Waals surface area contributed by atoms with E-state index in [4.69, 9.17) is 16.3 Å². The Kier molecular flexibility index (Phi) is 4.50. The van der Waals surface area contributed by atoms with E-state index >= 15 is 0 Å². The van der Waals surface area contributed by atoms with Gasteiger partial charge in [-0.2, -0.15) is 5.10 Å². The predicted octanol–water partition coefficient (Wildman–Crippen LogP) is 2.70. The van der Waals surface area contributed by atoms with E-state index in [-0.39, 0.29) is 30.6 Å². The summed E-state index contributed by atoms with van der Waals surface area (Å²) in [5, 5.41) is 17.4. The highest BCUT2D eigenvalue weighted by Gasteiger charge is 2.44. The number of nitrogens with zero attached hydrogens (tertiary/aromatic N) is 2. The van der Waals surface area contributed by atoms with Crippen LogP contribution in [-0.2, 0) is 16.1 Å². The molecule has 132 valence electrons. The Morgan fingerprint density at radius 2 is 2.16 bits per heavy atom. The maximum atomic E-state index is 12.6. The molecule has 1 amide bonds. The summed E-state index contributed by atoms with van der Waals surface area (Å²) in [7, 11) is 0. The number of carbonyl (C=O) groups is 1. The van der Waals surface area contributed by atoms with Crippen LogP contribution in [0.15, 0.2) is 30.3 Å². The second-order valence-corrected chi connectivity index (χ2v) is 7.01. The molecule has 7 heteroatoms. The van der Waals surface area contributed by atoms with Crippen LogP contribution < -0.4 is 5.32 Å². The van der Waals surface area contributed by atoms with E-state index in [1.165, 1.54) is 0 Å². The second-order valence-electron chi connectivity index (χ2n) is 6.57. The van der Waals surface area contributed by atoms with Gasteiger partial charge in [0.15, 0.2) is 0 Å². The minimum Gasteiger partial charge on any atom is -0.394 e. The van der Waals surface area contributed by atoms with Crippen LogP contribution in [0.3, 0.4) is 0 Å². The van der Waals surface area contributed by atoms with Crippen molar-refractivity contribution >= 4 is 23.3 Å². The summed E-state index contributed by atoms with van der Waals surface area (Å²) in [6.07, 6.45) is 3.06. The van der Waals surface area contributed by atoms with Crippen LogP contribution in [0, 0.1) is 5.92 Å². The molecule has 4 rings (SSSR count). The standard InChI is InChI=1S/C18H20ClN3O3/c19-12-3-1-11(2-4-12)15-10-17(22(21-15)7-8-23)20-18(24)14-9-13-5-6-16(14)25-13/h1-4,10,13-14,16,23H,5-9H2,(H,20,24)/t13-,14-,16+/m1/s1. The highest BCUT2D eigenvalue weighted by Crippen LogP contribution is 2.39. The lowest BCUT2D eigenvalue weighted by molar-refractivity contribution is -0.121. The minimum absolute atomic E-state index is 0.0334. The van der Waals surface area contributed by atoms with Crippen LogP contribution in [0.2, 0.25) is 5.02 Å². The number of ether oxygens (including phenoxy) is 1. The van der Waals surface area contributed by atoms with Gasteiger partial charge in [-0.25, -0.2) is 4.68 Å². The fourth-order valence-corrected chi connectivity index (χ4v) is 3.80. The average Bonchev–Trinajstić information content (AvgIpc) is 3.32. The van der Waals surface area contributed by atoms with E-state index in [1.54, 1.807) is 16.8 Å². The summed E-state index contributed by atoms with van der Waals surface area (Å²) in [6.45, 7) is 0.262. The molecule has 2 aliphatic rings. The molecule has 2 aromatic rings. The van der Waals surface area contributed by atoms with Crippen molar-refractivity contribution in [3.05, 3.63) is 35.4 Å². The van der Waals surface area contributed by atoms with Crippen LogP contribution in [0.5, 0.6) is 0 Å². The largest absolute Gasteiger partial charge is 0.394 e. The number of rotatable bonds is 5. The molecule has 25 heavy (non-hydrogen) atoms. The summed E-state index contributed by atoms with van der Waals surface area (Å²) in [6, 6.07) is 9.18. The van der Waals surface area contributed by atoms with Gasteiger partial charge in [-0.05, 0) is 31.4 Å². The van der Waals surface area contributed by atoms with Crippen molar-refractivity contribution in [1.29, 1.82) is 0 Å². The number of hydrogen-bond acceptors (Lipinski definition) is 4. The Labute approximate surface area is 150 Å². The quantitative estimate of drug-likeness (QED) is 0.858. The van der Waals surface area contributed by atoms with Crippen LogP contribution >= 0.6 is 11.6 Å². The van der Waals surface area contributed by atoms with Gasteiger partial charge in [-0.1, -0.05) is 23.7 Å². The fourth-order valence-electron chi connectivity index (χ4n) is 3.68. The zero-order valence-corrected chi connectivity index (χ0v) is 14.4. The SMILES string of the molecule is O=C(Nc1cc(-c2ccc(Cl)cc2)nn1CCO)[C@@H]1C[C@H]2CC[C@@H]1O2. The number of hydrogen-bond donors (Lipinski definition) is 2. The Morgan fingerprint density at radius 1 is 1.36 bits per heavy atom. The van der Waals surface area contributed by atoms with Crippen molar-refractivity contribution in [2.24, 2.45) is 5.92 Å². The number of fused-ring (bicyclic) bond motifs is 2. The first-order valence-corrected chi connectivity index (χ1v) is 8.93. The Bertz CT molecular complexity index is 774. The molecule has 1 aromatic heterocycles. The normalized spacial score (nSPS) is 24.6. The van der Waals surface area contributed by atoms with E-state index < -0.39 is 0 Å². The number of aromatic nitrogens is 2. The average molecular weight is 362 g/mol. The molecule has 2 fully saturated rings. The first-order chi connectivity index (χ1) is 12.1. The number of amides is 1. The smallest absolute Gasteiger partial charge is 0.231 e. The van der Waals surface area contributed by atoms with Gasteiger partial charge in [0.25, 0.3) is 0 Å².